The Hall–Kier alpha value is -9.64. The fourth-order valence-electron chi connectivity index (χ4n) is 12.7. The molecular weight excluding hydrogens is 1030 g/mol. The number of amides is 1. The summed E-state index contributed by atoms with van der Waals surface area (Å²) in [5, 5.41) is 3.32. The van der Waals surface area contributed by atoms with Gasteiger partial charge in [0.2, 0.25) is 0 Å². The van der Waals surface area contributed by atoms with Gasteiger partial charge >= 0.3 is 0 Å². The van der Waals surface area contributed by atoms with Crippen molar-refractivity contribution in [3.05, 3.63) is 247 Å². The normalized spacial score (nSPS) is 12.0. The Balaban J connectivity index is 1.04. The molecule has 8 heterocycles. The number of nitrogens with one attached hydrogen (secondary N) is 3. The second-order valence-corrected chi connectivity index (χ2v) is 23.2. The Morgan fingerprint density at radius 1 is 0.393 bits per heavy atom. The maximum absolute atomic E-state index is 14.6. The zero-order valence-electron chi connectivity index (χ0n) is 49.8. The van der Waals surface area contributed by atoms with Crippen molar-refractivity contribution in [2.75, 3.05) is 5.32 Å². The first kappa shape index (κ1) is 54.9. The van der Waals surface area contributed by atoms with E-state index in [0.29, 0.717) is 30.9 Å². The van der Waals surface area contributed by atoms with E-state index in [1.54, 1.807) is 6.20 Å². The van der Waals surface area contributed by atoms with Crippen molar-refractivity contribution in [2.24, 2.45) is 0 Å². The van der Waals surface area contributed by atoms with Crippen molar-refractivity contribution >= 4 is 58.0 Å². The molecular formula is C74H69N9O. The predicted octanol–water partition coefficient (Wildman–Crippen LogP) is 17.4. The first-order valence-electron chi connectivity index (χ1n) is 28.8. The number of nitrogens with zero attached hydrogens (tertiary/aromatic N) is 6. The Bertz CT molecular complexity index is 4330. The van der Waals surface area contributed by atoms with Crippen LogP contribution in [0.5, 0.6) is 0 Å². The summed E-state index contributed by atoms with van der Waals surface area (Å²) in [7, 11) is 0. The maximum atomic E-state index is 14.6. The van der Waals surface area contributed by atoms with Crippen LogP contribution in [0.25, 0.3) is 90.9 Å². The van der Waals surface area contributed by atoms with E-state index in [0.717, 1.165) is 140 Å². The van der Waals surface area contributed by atoms with Gasteiger partial charge in [-0.2, -0.15) is 0 Å². The average molecular weight is 1100 g/mol. The molecule has 2 aliphatic heterocycles. The standard InChI is InChI=1S/C74H69N9O/c1-42-16-19-54(75-36-42)39-83(40-55-20-17-43(2)37-76-55)41-56-21-18-53(38-77-56)74(84)82-58-15-13-12-14-57(58)70-59-22-24-61(78-59)71(67-47(6)30-44(3)31-48(67)7)63-26-28-65(80-63)73(69-51(10)34-46(5)35-52(69)11)66-29-27-64(81-66)72(62-25-23-60(70)79-62)68-49(8)32-45(4)33-50(68)9/h12-38,78,81H,39-41H2,1-11H3,(H,82,84). The third kappa shape index (κ3) is 11.0. The molecule has 84 heavy (non-hydrogen) atoms. The van der Waals surface area contributed by atoms with Crippen molar-refractivity contribution in [3.8, 4) is 44.5 Å². The number of fused-ring (bicyclic) bond motifs is 8. The fourth-order valence-corrected chi connectivity index (χ4v) is 12.7. The van der Waals surface area contributed by atoms with Gasteiger partial charge in [-0.05, 0) is 216 Å². The molecule has 10 aromatic rings. The van der Waals surface area contributed by atoms with E-state index in [9.17, 15) is 4.79 Å². The van der Waals surface area contributed by atoms with Gasteiger partial charge in [-0.15, -0.1) is 0 Å². The number of anilines is 1. The number of H-pyrrole nitrogens is 2. The van der Waals surface area contributed by atoms with Crippen LogP contribution in [0.2, 0.25) is 0 Å². The van der Waals surface area contributed by atoms with Crippen molar-refractivity contribution in [2.45, 2.75) is 95.8 Å². The highest BCUT2D eigenvalue weighted by molar-refractivity contribution is 6.08. The first-order valence-corrected chi connectivity index (χ1v) is 28.8. The van der Waals surface area contributed by atoms with Crippen molar-refractivity contribution < 1.29 is 4.79 Å². The Morgan fingerprint density at radius 3 is 1.12 bits per heavy atom. The molecule has 0 radical (unpaired) electrons. The largest absolute Gasteiger partial charge is 0.354 e. The Labute approximate surface area is 492 Å². The van der Waals surface area contributed by atoms with Crippen LogP contribution in [0, 0.1) is 76.2 Å². The zero-order valence-corrected chi connectivity index (χ0v) is 49.8. The maximum Gasteiger partial charge on any atom is 0.257 e. The number of aromatic amines is 2. The number of para-hydroxylation sites is 1. The topological polar surface area (TPSA) is 128 Å². The molecule has 416 valence electrons. The minimum atomic E-state index is -0.280. The third-order valence-corrected chi connectivity index (χ3v) is 16.2. The zero-order chi connectivity index (χ0) is 58.5. The van der Waals surface area contributed by atoms with E-state index < -0.39 is 0 Å². The van der Waals surface area contributed by atoms with Crippen LogP contribution in [-0.4, -0.2) is 45.7 Å². The van der Waals surface area contributed by atoms with Crippen LogP contribution in [0.3, 0.4) is 0 Å². The highest BCUT2D eigenvalue weighted by atomic mass is 16.1. The van der Waals surface area contributed by atoms with Gasteiger partial charge in [0, 0.05) is 93.8 Å². The molecule has 10 heteroatoms. The monoisotopic (exact) mass is 1100 g/mol. The van der Waals surface area contributed by atoms with Gasteiger partial charge < -0.3 is 15.3 Å². The molecule has 0 aliphatic carbocycles. The van der Waals surface area contributed by atoms with Gasteiger partial charge in [0.15, 0.2) is 0 Å². The Kier molecular flexibility index (Phi) is 14.8. The summed E-state index contributed by atoms with van der Waals surface area (Å²) in [5.41, 5.74) is 31.6. The minimum absolute atomic E-state index is 0.280. The molecule has 8 bridgehead atoms. The molecule has 4 aromatic carbocycles. The number of hydrogen-bond acceptors (Lipinski definition) is 7. The van der Waals surface area contributed by atoms with Gasteiger partial charge in [-0.25, -0.2) is 9.97 Å². The lowest BCUT2D eigenvalue weighted by Gasteiger charge is -2.21. The second kappa shape index (κ2) is 22.6. The lowest BCUT2D eigenvalue weighted by atomic mass is 9.92. The summed E-state index contributed by atoms with van der Waals surface area (Å²) in [6, 6.07) is 42.3. The molecule has 0 saturated heterocycles. The number of benzene rings is 4. The molecule has 0 spiro atoms. The summed E-state index contributed by atoms with van der Waals surface area (Å²) >= 11 is 0. The number of aromatic nitrogens is 7. The van der Waals surface area contributed by atoms with E-state index >= 15 is 0 Å². The minimum Gasteiger partial charge on any atom is -0.354 e. The molecule has 2 aliphatic rings. The summed E-state index contributed by atoms with van der Waals surface area (Å²) in [6.45, 7) is 25.5. The molecule has 12 rings (SSSR count). The first-order chi connectivity index (χ1) is 40.5. The van der Waals surface area contributed by atoms with Crippen molar-refractivity contribution in [1.82, 2.24) is 39.8 Å². The fraction of sp³-hybridized carbons (Fsp3) is 0.189. The molecule has 0 atom stereocenters. The molecule has 3 N–H and O–H groups in total. The van der Waals surface area contributed by atoms with E-state index in [1.807, 2.05) is 56.6 Å². The van der Waals surface area contributed by atoms with Crippen LogP contribution in [0.4, 0.5) is 5.69 Å². The highest BCUT2D eigenvalue weighted by Gasteiger charge is 2.24. The average Bonchev–Trinajstić information content (AvgIpc) is 3.40. The quantitative estimate of drug-likeness (QED) is 0.111. The number of pyridine rings is 3. The molecule has 10 nitrogen and oxygen atoms in total. The number of aryl methyl sites for hydroxylation is 11. The number of carbonyl (C=O) groups excluding carboxylic acids is 1. The summed E-state index contributed by atoms with van der Waals surface area (Å²) in [6.07, 6.45) is 14.1. The third-order valence-electron chi connectivity index (χ3n) is 16.2. The SMILES string of the molecule is Cc1ccc(CN(Cc2ccc(C)cn2)Cc2ccc(C(=O)Nc3ccccc3-c3c4nc(c(-c5c(C)cc(C)cc5C)c5ccc([nH]5)c(-c5c(C)cc(C)cc5C)c5nc(c(-c6c(C)cc(C)cc6C)c6ccc3[nH]6)C=C5)C=C4)cn2)nc1. The van der Waals surface area contributed by atoms with Crippen LogP contribution < -0.4 is 5.32 Å². The van der Waals surface area contributed by atoms with Gasteiger partial charge in [0.05, 0.1) is 45.4 Å². The molecule has 0 saturated carbocycles. The van der Waals surface area contributed by atoms with Crippen molar-refractivity contribution in [3.63, 3.8) is 0 Å². The second-order valence-electron chi connectivity index (χ2n) is 23.2. The number of carbonyl (C=O) groups is 1. The van der Waals surface area contributed by atoms with Crippen molar-refractivity contribution in [1.29, 1.82) is 0 Å². The van der Waals surface area contributed by atoms with Gasteiger partial charge in [0.25, 0.3) is 5.91 Å². The summed E-state index contributed by atoms with van der Waals surface area (Å²) in [5.74, 6) is -0.280. The van der Waals surface area contributed by atoms with Gasteiger partial charge in [-0.1, -0.05) is 83.4 Å². The predicted molar refractivity (Wildman–Crippen MR) is 346 cm³/mol. The van der Waals surface area contributed by atoms with Crippen LogP contribution in [0.1, 0.15) is 111 Å². The smallest absolute Gasteiger partial charge is 0.257 e. The van der Waals surface area contributed by atoms with E-state index in [4.69, 9.17) is 24.9 Å². The lowest BCUT2D eigenvalue weighted by molar-refractivity contribution is 0.102. The Morgan fingerprint density at radius 2 is 0.750 bits per heavy atom. The van der Waals surface area contributed by atoms with Crippen LogP contribution in [-0.2, 0) is 19.6 Å². The van der Waals surface area contributed by atoms with Crippen LogP contribution >= 0.6 is 0 Å². The van der Waals surface area contributed by atoms with Crippen LogP contribution in [0.15, 0.2) is 140 Å². The summed E-state index contributed by atoms with van der Waals surface area (Å²) < 4.78 is 0. The van der Waals surface area contributed by atoms with Gasteiger partial charge in [0.1, 0.15) is 0 Å². The van der Waals surface area contributed by atoms with E-state index in [-0.39, 0.29) is 5.91 Å². The van der Waals surface area contributed by atoms with E-state index in [2.05, 4.69) is 198 Å². The summed E-state index contributed by atoms with van der Waals surface area (Å²) in [4.78, 5) is 50.5. The molecule has 1 amide bonds. The van der Waals surface area contributed by atoms with E-state index in [1.165, 1.54) is 27.8 Å². The molecule has 6 aromatic heterocycles. The molecule has 0 unspecified atom stereocenters. The number of hydrogen-bond donors (Lipinski definition) is 3. The number of rotatable bonds is 12. The lowest BCUT2D eigenvalue weighted by Crippen LogP contribution is -2.24. The van der Waals surface area contributed by atoms with Gasteiger partial charge in [-0.3, -0.25) is 24.6 Å². The highest BCUT2D eigenvalue weighted by Crippen LogP contribution is 2.43. The molecule has 0 fully saturated rings.